The van der Waals surface area contributed by atoms with E-state index in [2.05, 4.69) is 24.5 Å². The van der Waals surface area contributed by atoms with Crippen molar-refractivity contribution in [3.63, 3.8) is 0 Å². The summed E-state index contributed by atoms with van der Waals surface area (Å²) in [4.78, 5) is 12.1. The molecule has 0 spiro atoms. The van der Waals surface area contributed by atoms with Crippen molar-refractivity contribution in [1.29, 1.82) is 0 Å². The number of para-hydroxylation sites is 1. The fourth-order valence-electron chi connectivity index (χ4n) is 1.89. The molecule has 21 heavy (non-hydrogen) atoms. The number of nitrogens with one attached hydrogen (secondary N) is 2. The van der Waals surface area contributed by atoms with Gasteiger partial charge >= 0.3 is 0 Å². The molecule has 0 saturated heterocycles. The molecular weight excluding hydrogens is 264 g/mol. The summed E-state index contributed by atoms with van der Waals surface area (Å²) in [6.07, 6.45) is 0. The molecule has 0 fully saturated rings. The average molecular weight is 284 g/mol. The summed E-state index contributed by atoms with van der Waals surface area (Å²) in [7, 11) is 0. The molecule has 0 heterocycles. The highest BCUT2D eigenvalue weighted by atomic mass is 16.3. The van der Waals surface area contributed by atoms with Gasteiger partial charge in [0.15, 0.2) is 0 Å². The van der Waals surface area contributed by atoms with Crippen LogP contribution in [0.25, 0.3) is 0 Å². The highest BCUT2D eigenvalue weighted by Crippen LogP contribution is 2.18. The number of hydrogen-bond donors (Lipinski definition) is 3. The summed E-state index contributed by atoms with van der Waals surface area (Å²) in [5.41, 5.74) is 2.13. The molecule has 0 unspecified atom stereocenters. The molecule has 2 rings (SSSR count). The van der Waals surface area contributed by atoms with Crippen LogP contribution < -0.4 is 10.6 Å². The molecule has 4 nitrogen and oxygen atoms in total. The first-order chi connectivity index (χ1) is 10.1. The van der Waals surface area contributed by atoms with Crippen molar-refractivity contribution in [2.24, 2.45) is 0 Å². The van der Waals surface area contributed by atoms with E-state index >= 15 is 0 Å². The largest absolute Gasteiger partial charge is 0.507 e. The van der Waals surface area contributed by atoms with Crippen LogP contribution in [0.2, 0.25) is 0 Å². The zero-order chi connectivity index (χ0) is 15.2. The van der Waals surface area contributed by atoms with E-state index in [9.17, 15) is 9.90 Å². The second-order valence-corrected chi connectivity index (χ2v) is 5.20. The van der Waals surface area contributed by atoms with Crippen molar-refractivity contribution in [2.45, 2.75) is 26.4 Å². The third-order valence-corrected chi connectivity index (χ3v) is 3.07. The molecule has 0 radical (unpaired) electrons. The van der Waals surface area contributed by atoms with Gasteiger partial charge in [0.25, 0.3) is 5.91 Å². The lowest BCUT2D eigenvalue weighted by Gasteiger charge is -2.10. The van der Waals surface area contributed by atoms with Crippen molar-refractivity contribution in [2.75, 3.05) is 5.32 Å². The second-order valence-electron chi connectivity index (χ2n) is 5.20. The van der Waals surface area contributed by atoms with Crippen molar-refractivity contribution < 1.29 is 9.90 Å². The van der Waals surface area contributed by atoms with Gasteiger partial charge in [-0.3, -0.25) is 4.79 Å². The Labute approximate surface area is 124 Å². The van der Waals surface area contributed by atoms with Gasteiger partial charge in [-0.2, -0.15) is 0 Å². The van der Waals surface area contributed by atoms with E-state index in [4.69, 9.17) is 0 Å². The summed E-state index contributed by atoms with van der Waals surface area (Å²) >= 11 is 0. The number of rotatable bonds is 5. The third-order valence-electron chi connectivity index (χ3n) is 3.07. The van der Waals surface area contributed by atoms with Crippen LogP contribution in [0.15, 0.2) is 48.5 Å². The van der Waals surface area contributed by atoms with Crippen LogP contribution in [-0.2, 0) is 6.54 Å². The Hall–Kier alpha value is -2.33. The minimum absolute atomic E-state index is 0.0206. The normalized spacial score (nSPS) is 10.6. The Morgan fingerprint density at radius 3 is 2.38 bits per heavy atom. The fraction of sp³-hybridized carbons (Fsp3) is 0.235. The molecule has 110 valence electrons. The number of carbonyl (C=O) groups is 1. The number of anilines is 1. The molecule has 0 atom stereocenters. The zero-order valence-corrected chi connectivity index (χ0v) is 12.3. The van der Waals surface area contributed by atoms with Gasteiger partial charge in [0.2, 0.25) is 0 Å². The van der Waals surface area contributed by atoms with Gasteiger partial charge in [-0.05, 0) is 29.8 Å². The molecule has 0 bridgehead atoms. The Morgan fingerprint density at radius 1 is 1.10 bits per heavy atom. The molecule has 3 N–H and O–H groups in total. The van der Waals surface area contributed by atoms with Crippen LogP contribution in [0, 0.1) is 0 Å². The van der Waals surface area contributed by atoms with Gasteiger partial charge in [-0.25, -0.2) is 0 Å². The Kier molecular flexibility index (Phi) is 4.95. The Morgan fingerprint density at radius 2 is 1.76 bits per heavy atom. The fourth-order valence-corrected chi connectivity index (χ4v) is 1.89. The molecule has 2 aromatic rings. The second kappa shape index (κ2) is 6.90. The Bertz CT molecular complexity index is 606. The van der Waals surface area contributed by atoms with Gasteiger partial charge in [-0.1, -0.05) is 38.1 Å². The van der Waals surface area contributed by atoms with Crippen LogP contribution >= 0.6 is 0 Å². The molecule has 0 aliphatic rings. The predicted molar refractivity (Wildman–Crippen MR) is 84.5 cm³/mol. The number of carbonyl (C=O) groups excluding carboxylic acids is 1. The molecule has 0 saturated carbocycles. The first kappa shape index (κ1) is 15.1. The standard InChI is InChI=1S/C17H20N2O2/c1-12(2)18-11-13-7-9-14(10-8-13)19-17(21)15-5-3-4-6-16(15)20/h3-10,12,18,20H,11H2,1-2H3,(H,19,21). The molecule has 4 heteroatoms. The molecular formula is C17H20N2O2. The molecule has 1 amide bonds. The van der Waals surface area contributed by atoms with Crippen LogP contribution in [-0.4, -0.2) is 17.1 Å². The summed E-state index contributed by atoms with van der Waals surface area (Å²) in [6.45, 7) is 4.99. The monoisotopic (exact) mass is 284 g/mol. The first-order valence-corrected chi connectivity index (χ1v) is 6.98. The van der Waals surface area contributed by atoms with E-state index in [-0.39, 0.29) is 17.2 Å². The number of amides is 1. The van der Waals surface area contributed by atoms with Crippen LogP contribution in [0.5, 0.6) is 5.75 Å². The van der Waals surface area contributed by atoms with Crippen LogP contribution in [0.1, 0.15) is 29.8 Å². The summed E-state index contributed by atoms with van der Waals surface area (Å²) in [5.74, 6) is -0.339. The highest BCUT2D eigenvalue weighted by Gasteiger charge is 2.10. The topological polar surface area (TPSA) is 61.4 Å². The van der Waals surface area contributed by atoms with Crippen molar-refractivity contribution >= 4 is 11.6 Å². The van der Waals surface area contributed by atoms with Gasteiger partial charge in [-0.15, -0.1) is 0 Å². The van der Waals surface area contributed by atoms with E-state index in [1.54, 1.807) is 18.2 Å². The summed E-state index contributed by atoms with van der Waals surface area (Å²) in [6, 6.07) is 14.6. The molecule has 2 aromatic carbocycles. The van der Waals surface area contributed by atoms with E-state index in [0.29, 0.717) is 11.7 Å². The minimum Gasteiger partial charge on any atom is -0.507 e. The van der Waals surface area contributed by atoms with Crippen molar-refractivity contribution in [3.8, 4) is 5.75 Å². The number of aromatic hydroxyl groups is 1. The predicted octanol–water partition coefficient (Wildman–Crippen LogP) is 3.14. The van der Waals surface area contributed by atoms with Gasteiger partial charge < -0.3 is 15.7 Å². The van der Waals surface area contributed by atoms with E-state index in [0.717, 1.165) is 12.1 Å². The lowest BCUT2D eigenvalue weighted by atomic mass is 10.1. The maximum absolute atomic E-state index is 12.1. The maximum Gasteiger partial charge on any atom is 0.259 e. The third kappa shape index (κ3) is 4.33. The number of benzene rings is 2. The molecule has 0 aliphatic heterocycles. The van der Waals surface area contributed by atoms with Crippen LogP contribution in [0.3, 0.4) is 0 Å². The lowest BCUT2D eigenvalue weighted by molar-refractivity contribution is 0.102. The van der Waals surface area contributed by atoms with Gasteiger partial charge in [0.1, 0.15) is 5.75 Å². The number of phenolic OH excluding ortho intramolecular Hbond substituents is 1. The highest BCUT2D eigenvalue weighted by molar-refractivity contribution is 6.06. The first-order valence-electron chi connectivity index (χ1n) is 6.98. The summed E-state index contributed by atoms with van der Waals surface area (Å²) < 4.78 is 0. The van der Waals surface area contributed by atoms with Gasteiger partial charge in [0, 0.05) is 18.3 Å². The van der Waals surface area contributed by atoms with Crippen molar-refractivity contribution in [1.82, 2.24) is 5.32 Å². The van der Waals surface area contributed by atoms with Crippen molar-refractivity contribution in [3.05, 3.63) is 59.7 Å². The minimum atomic E-state index is -0.318. The lowest BCUT2D eigenvalue weighted by Crippen LogP contribution is -2.21. The zero-order valence-electron chi connectivity index (χ0n) is 12.3. The summed E-state index contributed by atoms with van der Waals surface area (Å²) in [5, 5.41) is 15.8. The molecule has 0 aliphatic carbocycles. The Balaban J connectivity index is 2.00. The van der Waals surface area contributed by atoms with E-state index in [1.165, 1.54) is 6.07 Å². The maximum atomic E-state index is 12.1. The SMILES string of the molecule is CC(C)NCc1ccc(NC(=O)c2ccccc2O)cc1. The van der Waals surface area contributed by atoms with Crippen LogP contribution in [0.4, 0.5) is 5.69 Å². The smallest absolute Gasteiger partial charge is 0.259 e. The van der Waals surface area contributed by atoms with E-state index in [1.807, 2.05) is 24.3 Å². The quantitative estimate of drug-likeness (QED) is 0.790. The van der Waals surface area contributed by atoms with E-state index < -0.39 is 0 Å². The number of hydrogen-bond acceptors (Lipinski definition) is 3. The average Bonchev–Trinajstić information content (AvgIpc) is 2.47. The number of phenols is 1. The molecule has 0 aromatic heterocycles. The van der Waals surface area contributed by atoms with Gasteiger partial charge in [0.05, 0.1) is 5.56 Å².